The van der Waals surface area contributed by atoms with Gasteiger partial charge in [0.2, 0.25) is 12.3 Å². The van der Waals surface area contributed by atoms with Crippen LogP contribution in [0.1, 0.15) is 5.56 Å². The van der Waals surface area contributed by atoms with Gasteiger partial charge in [0, 0.05) is 25.0 Å². The van der Waals surface area contributed by atoms with E-state index in [4.69, 9.17) is 0 Å². The minimum atomic E-state index is -0.0111. The van der Waals surface area contributed by atoms with Gasteiger partial charge in [0.1, 0.15) is 0 Å². The fourth-order valence-corrected chi connectivity index (χ4v) is 2.29. The van der Waals surface area contributed by atoms with Crippen LogP contribution in [-0.4, -0.2) is 51.9 Å². The molecule has 0 bridgehead atoms. The second-order valence-electron chi connectivity index (χ2n) is 4.68. The number of nitrogens with one attached hydrogen (secondary N) is 1. The molecule has 0 unspecified atom stereocenters. The highest BCUT2D eigenvalue weighted by Gasteiger charge is 2.22. The van der Waals surface area contributed by atoms with E-state index in [2.05, 4.69) is 10.2 Å². The van der Waals surface area contributed by atoms with Gasteiger partial charge in [0.05, 0.1) is 18.3 Å². The van der Waals surface area contributed by atoms with Gasteiger partial charge in [-0.15, -0.1) is 0 Å². The standard InChI is InChI=1S/C13H14N4O2/c18-9-16-3-4-17(13(19)8-16)7-10-1-2-11-6-14-15-12(11)5-10/h1-2,5-6,9H,3-4,7-8H2,(H,14,15). The zero-order chi connectivity index (χ0) is 13.2. The third kappa shape index (κ3) is 2.29. The molecule has 19 heavy (non-hydrogen) atoms. The molecule has 0 radical (unpaired) electrons. The molecule has 2 amide bonds. The maximum absolute atomic E-state index is 11.9. The summed E-state index contributed by atoms with van der Waals surface area (Å²) in [7, 11) is 0. The van der Waals surface area contributed by atoms with Crippen LogP contribution in [0.5, 0.6) is 0 Å². The van der Waals surface area contributed by atoms with Crippen LogP contribution in [-0.2, 0) is 16.1 Å². The number of nitrogens with zero attached hydrogens (tertiary/aromatic N) is 3. The first-order valence-electron chi connectivity index (χ1n) is 6.15. The van der Waals surface area contributed by atoms with Gasteiger partial charge in [-0.05, 0) is 11.6 Å². The number of H-pyrrole nitrogens is 1. The number of aromatic amines is 1. The van der Waals surface area contributed by atoms with Crippen LogP contribution >= 0.6 is 0 Å². The van der Waals surface area contributed by atoms with E-state index >= 15 is 0 Å². The largest absolute Gasteiger partial charge is 0.335 e. The van der Waals surface area contributed by atoms with E-state index in [1.54, 1.807) is 11.1 Å². The number of piperazine rings is 1. The lowest BCUT2D eigenvalue weighted by atomic mass is 10.1. The molecule has 1 aromatic carbocycles. The number of aromatic nitrogens is 2. The minimum absolute atomic E-state index is 0.0111. The molecule has 1 N–H and O–H groups in total. The molecule has 1 aliphatic rings. The first-order chi connectivity index (χ1) is 9.26. The Morgan fingerprint density at radius 2 is 2.26 bits per heavy atom. The molecule has 3 rings (SSSR count). The molecule has 0 saturated carbocycles. The summed E-state index contributed by atoms with van der Waals surface area (Å²) in [5.41, 5.74) is 2.03. The van der Waals surface area contributed by atoms with Crippen molar-refractivity contribution < 1.29 is 9.59 Å². The fraction of sp³-hybridized carbons (Fsp3) is 0.308. The van der Waals surface area contributed by atoms with Crippen molar-refractivity contribution in [2.45, 2.75) is 6.54 Å². The fourth-order valence-electron chi connectivity index (χ4n) is 2.29. The first kappa shape index (κ1) is 11.7. The highest BCUT2D eigenvalue weighted by molar-refractivity contribution is 5.81. The summed E-state index contributed by atoms with van der Waals surface area (Å²) in [6.07, 6.45) is 2.50. The Bertz CT molecular complexity index is 622. The van der Waals surface area contributed by atoms with E-state index in [1.165, 1.54) is 4.90 Å². The number of carbonyl (C=O) groups excluding carboxylic acids is 2. The lowest BCUT2D eigenvalue weighted by molar-refractivity contribution is -0.140. The first-order valence-corrected chi connectivity index (χ1v) is 6.15. The number of hydrogen-bond donors (Lipinski definition) is 1. The van der Waals surface area contributed by atoms with Crippen LogP contribution in [0.3, 0.4) is 0 Å². The van der Waals surface area contributed by atoms with Crippen molar-refractivity contribution in [3.63, 3.8) is 0 Å². The average molecular weight is 258 g/mol. The Labute approximate surface area is 110 Å². The maximum atomic E-state index is 11.9. The zero-order valence-electron chi connectivity index (χ0n) is 10.4. The number of hydrogen-bond acceptors (Lipinski definition) is 3. The van der Waals surface area contributed by atoms with Crippen molar-refractivity contribution >= 4 is 23.2 Å². The number of benzene rings is 1. The molecule has 0 spiro atoms. The zero-order valence-corrected chi connectivity index (χ0v) is 10.4. The van der Waals surface area contributed by atoms with Gasteiger partial charge in [0.15, 0.2) is 0 Å². The molecule has 0 aliphatic carbocycles. The molecule has 1 fully saturated rings. The van der Waals surface area contributed by atoms with Crippen LogP contribution in [0.15, 0.2) is 24.4 Å². The van der Waals surface area contributed by atoms with Gasteiger partial charge in [0.25, 0.3) is 0 Å². The van der Waals surface area contributed by atoms with Crippen molar-refractivity contribution in [2.75, 3.05) is 19.6 Å². The quantitative estimate of drug-likeness (QED) is 0.808. The van der Waals surface area contributed by atoms with E-state index in [0.29, 0.717) is 19.6 Å². The number of amides is 2. The third-order valence-electron chi connectivity index (χ3n) is 3.38. The molecule has 1 saturated heterocycles. The van der Waals surface area contributed by atoms with Crippen molar-refractivity contribution in [2.24, 2.45) is 0 Å². The lowest BCUT2D eigenvalue weighted by Crippen LogP contribution is -2.49. The van der Waals surface area contributed by atoms with Crippen molar-refractivity contribution in [1.82, 2.24) is 20.0 Å². The average Bonchev–Trinajstić information content (AvgIpc) is 2.88. The maximum Gasteiger partial charge on any atom is 0.242 e. The van der Waals surface area contributed by atoms with E-state index in [9.17, 15) is 9.59 Å². The smallest absolute Gasteiger partial charge is 0.242 e. The monoisotopic (exact) mass is 258 g/mol. The molecule has 2 aromatic rings. The molecule has 1 aliphatic heterocycles. The third-order valence-corrected chi connectivity index (χ3v) is 3.38. The Morgan fingerprint density at radius 1 is 1.37 bits per heavy atom. The summed E-state index contributed by atoms with van der Waals surface area (Å²) in [6.45, 7) is 1.93. The Morgan fingerprint density at radius 3 is 3.05 bits per heavy atom. The molecular formula is C13H14N4O2. The highest BCUT2D eigenvalue weighted by Crippen LogP contribution is 2.15. The van der Waals surface area contributed by atoms with Crippen molar-refractivity contribution in [3.05, 3.63) is 30.0 Å². The van der Waals surface area contributed by atoms with Crippen LogP contribution in [0.2, 0.25) is 0 Å². The van der Waals surface area contributed by atoms with E-state index in [1.807, 2.05) is 18.2 Å². The van der Waals surface area contributed by atoms with Gasteiger partial charge < -0.3 is 9.80 Å². The summed E-state index contributed by atoms with van der Waals surface area (Å²) in [4.78, 5) is 25.8. The summed E-state index contributed by atoms with van der Waals surface area (Å²) in [5, 5.41) is 7.95. The topological polar surface area (TPSA) is 69.3 Å². The van der Waals surface area contributed by atoms with Gasteiger partial charge in [-0.2, -0.15) is 5.10 Å². The van der Waals surface area contributed by atoms with Crippen LogP contribution in [0, 0.1) is 0 Å². The number of carbonyl (C=O) groups is 2. The van der Waals surface area contributed by atoms with Crippen molar-refractivity contribution in [3.8, 4) is 0 Å². The van der Waals surface area contributed by atoms with Gasteiger partial charge in [-0.3, -0.25) is 14.7 Å². The second-order valence-corrected chi connectivity index (χ2v) is 4.68. The molecule has 1 aromatic heterocycles. The summed E-state index contributed by atoms with van der Waals surface area (Å²) in [6, 6.07) is 5.99. The predicted molar refractivity (Wildman–Crippen MR) is 69.1 cm³/mol. The van der Waals surface area contributed by atoms with Gasteiger partial charge in [-0.25, -0.2) is 0 Å². The van der Waals surface area contributed by atoms with Gasteiger partial charge in [-0.1, -0.05) is 12.1 Å². The van der Waals surface area contributed by atoms with Crippen LogP contribution < -0.4 is 0 Å². The summed E-state index contributed by atoms with van der Waals surface area (Å²) >= 11 is 0. The Hall–Kier alpha value is -2.37. The van der Waals surface area contributed by atoms with Crippen LogP contribution in [0.4, 0.5) is 0 Å². The number of fused-ring (bicyclic) bond motifs is 1. The SMILES string of the molecule is O=CN1CCN(Cc2ccc3cn[nH]c3c2)C(=O)C1. The molecule has 0 atom stereocenters. The number of rotatable bonds is 3. The van der Waals surface area contributed by atoms with E-state index in [0.717, 1.165) is 22.9 Å². The normalized spacial score (nSPS) is 16.1. The van der Waals surface area contributed by atoms with Crippen LogP contribution in [0.25, 0.3) is 10.9 Å². The molecule has 98 valence electrons. The highest BCUT2D eigenvalue weighted by atomic mass is 16.2. The molecule has 6 heteroatoms. The molecule has 2 heterocycles. The summed E-state index contributed by atoms with van der Waals surface area (Å²) in [5.74, 6) is -0.0111. The second kappa shape index (κ2) is 4.72. The Balaban J connectivity index is 1.74. The van der Waals surface area contributed by atoms with Gasteiger partial charge >= 0.3 is 0 Å². The molecule has 6 nitrogen and oxygen atoms in total. The van der Waals surface area contributed by atoms with E-state index < -0.39 is 0 Å². The summed E-state index contributed by atoms with van der Waals surface area (Å²) < 4.78 is 0. The van der Waals surface area contributed by atoms with E-state index in [-0.39, 0.29) is 12.5 Å². The van der Waals surface area contributed by atoms with Crippen molar-refractivity contribution in [1.29, 1.82) is 0 Å². The minimum Gasteiger partial charge on any atom is -0.335 e. The lowest BCUT2D eigenvalue weighted by Gasteiger charge is -2.32. The predicted octanol–water partition coefficient (Wildman–Crippen LogP) is 0.363. The Kier molecular flexibility index (Phi) is 2.91. The molecular weight excluding hydrogens is 244 g/mol.